The summed E-state index contributed by atoms with van der Waals surface area (Å²) in [5.41, 5.74) is 1.05. The highest BCUT2D eigenvalue weighted by atomic mass is 32.2. The third kappa shape index (κ3) is 3.30. The van der Waals surface area contributed by atoms with Crippen LogP contribution in [0.5, 0.6) is 0 Å². The van der Waals surface area contributed by atoms with E-state index in [0.717, 1.165) is 22.9 Å². The van der Waals surface area contributed by atoms with Crippen molar-refractivity contribution in [3.8, 4) is 0 Å². The predicted molar refractivity (Wildman–Crippen MR) is 88.6 cm³/mol. The van der Waals surface area contributed by atoms with Crippen LogP contribution in [0.3, 0.4) is 0 Å². The summed E-state index contributed by atoms with van der Waals surface area (Å²) < 4.78 is 36.6. The van der Waals surface area contributed by atoms with E-state index in [1.807, 2.05) is 0 Å². The first-order valence-electron chi connectivity index (χ1n) is 7.40. The number of rotatable bonds is 4. The number of amidine groups is 1. The van der Waals surface area contributed by atoms with Crippen molar-refractivity contribution in [1.29, 1.82) is 0 Å². The van der Waals surface area contributed by atoms with Crippen LogP contribution in [0.15, 0.2) is 29.3 Å². The fraction of sp³-hybridized carbons (Fsp3) is 0.533. The summed E-state index contributed by atoms with van der Waals surface area (Å²) in [7, 11) is -2.97. The van der Waals surface area contributed by atoms with Crippen LogP contribution < -0.4 is 0 Å². The predicted octanol–water partition coefficient (Wildman–Crippen LogP) is 1.96. The zero-order valence-corrected chi connectivity index (χ0v) is 14.0. The largest absolute Gasteiger partial charge is 0.345 e. The fourth-order valence-electron chi connectivity index (χ4n) is 3.00. The first-order valence-corrected chi connectivity index (χ1v) is 10.2. The molecule has 1 aromatic carbocycles. The van der Waals surface area contributed by atoms with E-state index >= 15 is 0 Å². The van der Waals surface area contributed by atoms with Gasteiger partial charge in [0.2, 0.25) is 0 Å². The Morgan fingerprint density at radius 2 is 2.05 bits per heavy atom. The minimum absolute atomic E-state index is 0.0282. The minimum Gasteiger partial charge on any atom is -0.345 e. The number of halogens is 1. The third-order valence-corrected chi connectivity index (χ3v) is 6.63. The van der Waals surface area contributed by atoms with Gasteiger partial charge in [0.1, 0.15) is 5.82 Å². The number of benzene rings is 1. The molecule has 0 radical (unpaired) electrons. The van der Waals surface area contributed by atoms with Crippen molar-refractivity contribution < 1.29 is 12.8 Å². The number of hydrogen-bond donors (Lipinski definition) is 0. The van der Waals surface area contributed by atoms with Crippen LogP contribution in [0.25, 0.3) is 0 Å². The second-order valence-electron chi connectivity index (χ2n) is 5.63. The van der Waals surface area contributed by atoms with E-state index in [1.54, 1.807) is 23.9 Å². The lowest BCUT2D eigenvalue weighted by molar-refractivity contribution is 0.352. The number of hydrogen-bond acceptors (Lipinski definition) is 5. The topological polar surface area (TPSA) is 49.7 Å². The summed E-state index contributed by atoms with van der Waals surface area (Å²) in [6, 6.07) is 6.32. The molecule has 2 heterocycles. The van der Waals surface area contributed by atoms with E-state index in [2.05, 4.69) is 16.8 Å². The van der Waals surface area contributed by atoms with Crippen LogP contribution in [-0.2, 0) is 16.3 Å². The smallest absolute Gasteiger partial charge is 0.159 e. The molecule has 0 amide bonds. The van der Waals surface area contributed by atoms with Crippen LogP contribution in [0.1, 0.15) is 12.5 Å². The number of thioether (sulfide) groups is 1. The molecule has 4 nitrogen and oxygen atoms in total. The van der Waals surface area contributed by atoms with Gasteiger partial charge in [-0.2, -0.15) is 0 Å². The summed E-state index contributed by atoms with van der Waals surface area (Å²) in [6.07, 6.45) is 0.757. The molecule has 120 valence electrons. The summed E-state index contributed by atoms with van der Waals surface area (Å²) in [4.78, 5) is 6.74. The number of aliphatic imine (C=N–C) groups is 1. The first-order chi connectivity index (χ1) is 10.5. The van der Waals surface area contributed by atoms with E-state index in [4.69, 9.17) is 0 Å². The molecule has 2 aliphatic rings. The molecule has 2 aliphatic heterocycles. The average molecular weight is 342 g/mol. The Balaban J connectivity index is 1.72. The van der Waals surface area contributed by atoms with Crippen LogP contribution in [0.2, 0.25) is 0 Å². The van der Waals surface area contributed by atoms with Crippen LogP contribution in [-0.4, -0.2) is 54.4 Å². The Morgan fingerprint density at radius 1 is 1.32 bits per heavy atom. The second-order valence-corrected chi connectivity index (χ2v) is 9.01. The Hall–Kier alpha value is -1.08. The zero-order valence-electron chi connectivity index (χ0n) is 12.4. The van der Waals surface area contributed by atoms with E-state index in [-0.39, 0.29) is 29.4 Å². The Bertz CT molecular complexity index is 673. The molecule has 1 saturated heterocycles. The first kappa shape index (κ1) is 15.8. The van der Waals surface area contributed by atoms with Gasteiger partial charge in [-0.05, 0) is 29.9 Å². The third-order valence-electron chi connectivity index (χ3n) is 4.04. The van der Waals surface area contributed by atoms with Gasteiger partial charge in [0.15, 0.2) is 15.0 Å². The van der Waals surface area contributed by atoms with Crippen LogP contribution in [0, 0.1) is 5.82 Å². The van der Waals surface area contributed by atoms with Crippen molar-refractivity contribution in [3.05, 3.63) is 35.6 Å². The van der Waals surface area contributed by atoms with Crippen LogP contribution >= 0.6 is 11.8 Å². The molecule has 22 heavy (non-hydrogen) atoms. The molecule has 3 rings (SSSR count). The quantitative estimate of drug-likeness (QED) is 0.839. The monoisotopic (exact) mass is 342 g/mol. The molecule has 0 bridgehead atoms. The van der Waals surface area contributed by atoms with Gasteiger partial charge < -0.3 is 4.90 Å². The SMILES string of the molecule is CCSC1=N[C@@H]2CS(=O)(=O)C[C@H]2N1CCc1ccc(F)cc1. The highest BCUT2D eigenvalue weighted by molar-refractivity contribution is 8.13. The van der Waals surface area contributed by atoms with Crippen molar-refractivity contribution in [1.82, 2.24) is 4.90 Å². The summed E-state index contributed by atoms with van der Waals surface area (Å²) in [5, 5.41) is 0.953. The Morgan fingerprint density at radius 3 is 2.73 bits per heavy atom. The maximum absolute atomic E-state index is 13.0. The van der Waals surface area contributed by atoms with Gasteiger partial charge in [-0.1, -0.05) is 30.8 Å². The van der Waals surface area contributed by atoms with Gasteiger partial charge in [-0.3, -0.25) is 4.99 Å². The summed E-state index contributed by atoms with van der Waals surface area (Å²) >= 11 is 1.66. The summed E-state index contributed by atoms with van der Waals surface area (Å²) in [5.74, 6) is 1.03. The highest BCUT2D eigenvalue weighted by Gasteiger charge is 2.46. The van der Waals surface area contributed by atoms with Gasteiger partial charge in [0.05, 0.1) is 23.6 Å². The lowest BCUT2D eigenvalue weighted by atomic mass is 10.1. The molecule has 0 aromatic heterocycles. The Labute approximate surface area is 134 Å². The average Bonchev–Trinajstić information content (AvgIpc) is 2.91. The van der Waals surface area contributed by atoms with E-state index < -0.39 is 9.84 Å². The van der Waals surface area contributed by atoms with Gasteiger partial charge in [0.25, 0.3) is 0 Å². The maximum atomic E-state index is 13.0. The van der Waals surface area contributed by atoms with Crippen LogP contribution in [0.4, 0.5) is 4.39 Å². The molecule has 7 heteroatoms. The molecule has 1 aromatic rings. The minimum atomic E-state index is -2.97. The number of sulfone groups is 1. The second kappa shape index (κ2) is 6.20. The fourth-order valence-corrected chi connectivity index (χ4v) is 5.74. The number of fused-ring (bicyclic) bond motifs is 1. The number of nitrogens with zero attached hydrogens (tertiary/aromatic N) is 2. The van der Waals surface area contributed by atoms with Crippen molar-refractivity contribution in [2.45, 2.75) is 25.4 Å². The molecule has 0 unspecified atom stereocenters. The summed E-state index contributed by atoms with van der Waals surface area (Å²) in [6.45, 7) is 2.78. The molecule has 0 aliphatic carbocycles. The normalized spacial score (nSPS) is 26.1. The lowest BCUT2D eigenvalue weighted by Gasteiger charge is -2.26. The Kier molecular flexibility index (Phi) is 4.45. The molecule has 0 N–H and O–H groups in total. The van der Waals surface area contributed by atoms with Crippen molar-refractivity contribution in [2.24, 2.45) is 4.99 Å². The molecular weight excluding hydrogens is 323 g/mol. The van der Waals surface area contributed by atoms with E-state index in [9.17, 15) is 12.8 Å². The van der Waals surface area contributed by atoms with Crippen molar-refractivity contribution in [3.63, 3.8) is 0 Å². The van der Waals surface area contributed by atoms with Gasteiger partial charge in [0, 0.05) is 6.54 Å². The van der Waals surface area contributed by atoms with E-state index in [1.165, 1.54) is 12.1 Å². The molecule has 0 spiro atoms. The van der Waals surface area contributed by atoms with Gasteiger partial charge in [-0.25, -0.2) is 12.8 Å². The van der Waals surface area contributed by atoms with Crippen molar-refractivity contribution in [2.75, 3.05) is 23.8 Å². The maximum Gasteiger partial charge on any atom is 0.159 e. The van der Waals surface area contributed by atoms with Gasteiger partial charge in [-0.15, -0.1) is 0 Å². The van der Waals surface area contributed by atoms with Crippen molar-refractivity contribution >= 4 is 26.8 Å². The molecule has 2 atom stereocenters. The van der Waals surface area contributed by atoms with Gasteiger partial charge >= 0.3 is 0 Å². The molecule has 1 fully saturated rings. The van der Waals surface area contributed by atoms with E-state index in [0.29, 0.717) is 6.54 Å². The highest BCUT2D eigenvalue weighted by Crippen LogP contribution is 2.31. The lowest BCUT2D eigenvalue weighted by Crippen LogP contribution is -2.40. The molecular formula is C15H19FN2O2S2. The zero-order chi connectivity index (χ0) is 15.7. The standard InChI is InChI=1S/C15H19FN2O2S2/c1-2-21-15-17-13-9-22(19,20)10-14(13)18(15)8-7-11-3-5-12(16)6-4-11/h3-6,13-14H,2,7-10H2,1H3/t13-,14-/m1/s1. The molecule has 0 saturated carbocycles.